The van der Waals surface area contributed by atoms with Gasteiger partial charge in [-0.1, -0.05) is 36.8 Å². The monoisotopic (exact) mass is 517 g/mol. The number of nitrogens with one attached hydrogen (secondary N) is 1. The lowest BCUT2D eigenvalue weighted by molar-refractivity contribution is -0.140. The summed E-state index contributed by atoms with van der Waals surface area (Å²) < 4.78 is 37.0. The van der Waals surface area contributed by atoms with Gasteiger partial charge in [0.1, 0.15) is 6.04 Å². The van der Waals surface area contributed by atoms with Crippen LogP contribution in [0.25, 0.3) is 0 Å². The molecule has 0 aliphatic carbocycles. The van der Waals surface area contributed by atoms with Crippen molar-refractivity contribution in [2.75, 3.05) is 30.4 Å². The smallest absolute Gasteiger partial charge is 0.242 e. The fourth-order valence-corrected chi connectivity index (χ4v) is 4.87. The number of amides is 2. The maximum atomic E-state index is 13.3. The number of anilines is 1. The molecule has 9 nitrogen and oxygen atoms in total. The normalized spacial score (nSPS) is 13.2. The summed E-state index contributed by atoms with van der Waals surface area (Å²) in [6, 6.07) is 12.1. The molecule has 1 aliphatic rings. The van der Waals surface area contributed by atoms with Crippen molar-refractivity contribution in [1.82, 2.24) is 10.2 Å². The number of aryl methyl sites for hydroxylation is 1. The molecule has 10 heteroatoms. The number of nitrogens with zero attached hydrogens (tertiary/aromatic N) is 2. The number of hydrogen-bond acceptors (Lipinski definition) is 6. The Balaban J connectivity index is 1.71. The van der Waals surface area contributed by atoms with E-state index in [4.69, 9.17) is 9.47 Å². The number of sulfonamides is 1. The maximum absolute atomic E-state index is 13.3. The van der Waals surface area contributed by atoms with E-state index in [1.54, 1.807) is 30.0 Å². The number of ether oxygens (including phenoxy) is 2. The molecule has 1 heterocycles. The van der Waals surface area contributed by atoms with E-state index in [-0.39, 0.29) is 44.5 Å². The van der Waals surface area contributed by atoms with Gasteiger partial charge in [-0.15, -0.1) is 0 Å². The first-order valence-corrected chi connectivity index (χ1v) is 13.9. The Bertz CT molecular complexity index is 1170. The van der Waals surface area contributed by atoms with Crippen molar-refractivity contribution >= 4 is 27.5 Å². The third-order valence-corrected chi connectivity index (χ3v) is 7.18. The molecule has 2 amide bonds. The van der Waals surface area contributed by atoms with Gasteiger partial charge in [0.2, 0.25) is 28.6 Å². The Morgan fingerprint density at radius 1 is 1.08 bits per heavy atom. The van der Waals surface area contributed by atoms with Crippen LogP contribution in [0, 0.1) is 6.92 Å². The second-order valence-corrected chi connectivity index (χ2v) is 10.9. The van der Waals surface area contributed by atoms with Crippen molar-refractivity contribution in [1.29, 1.82) is 0 Å². The van der Waals surface area contributed by atoms with Gasteiger partial charge in [0.05, 0.1) is 11.9 Å². The molecule has 0 spiro atoms. The minimum atomic E-state index is -3.60. The Morgan fingerprint density at radius 2 is 1.78 bits per heavy atom. The standard InChI is InChI=1S/C26H35N3O6S/c1-5-14-27-26(31)20(3)28(17-21-10-8-19(2)9-11-21)25(30)7-6-15-29(36(4,32)33)22-12-13-23-24(16-22)35-18-34-23/h8-13,16,20H,5-7,14-15,17-18H2,1-4H3,(H,27,31). The highest BCUT2D eigenvalue weighted by atomic mass is 32.2. The number of carbonyl (C=O) groups is 2. The number of fused-ring (bicyclic) bond motifs is 1. The van der Waals surface area contributed by atoms with E-state index >= 15 is 0 Å². The molecule has 2 aromatic rings. The maximum Gasteiger partial charge on any atom is 0.242 e. The van der Waals surface area contributed by atoms with E-state index in [1.165, 1.54) is 4.31 Å². The summed E-state index contributed by atoms with van der Waals surface area (Å²) in [5, 5.41) is 2.86. The lowest BCUT2D eigenvalue weighted by Gasteiger charge is -2.29. The zero-order valence-corrected chi connectivity index (χ0v) is 22.1. The fraction of sp³-hybridized carbons (Fsp3) is 0.462. The molecule has 1 aliphatic heterocycles. The number of hydrogen-bond donors (Lipinski definition) is 1. The first-order chi connectivity index (χ1) is 17.1. The molecule has 0 fully saturated rings. The topological polar surface area (TPSA) is 105 Å². The molecule has 0 aromatic heterocycles. The number of rotatable bonds is 12. The molecule has 0 radical (unpaired) electrons. The Morgan fingerprint density at radius 3 is 2.44 bits per heavy atom. The van der Waals surface area contributed by atoms with Crippen LogP contribution in [-0.2, 0) is 26.2 Å². The van der Waals surface area contributed by atoms with Crippen LogP contribution in [0.4, 0.5) is 5.69 Å². The summed E-state index contributed by atoms with van der Waals surface area (Å²) in [6.07, 6.45) is 2.30. The van der Waals surface area contributed by atoms with E-state index in [2.05, 4.69) is 5.32 Å². The van der Waals surface area contributed by atoms with Gasteiger partial charge in [0.25, 0.3) is 0 Å². The van der Waals surface area contributed by atoms with Crippen molar-refractivity contribution in [2.24, 2.45) is 0 Å². The Hall–Kier alpha value is -3.27. The van der Waals surface area contributed by atoms with Crippen LogP contribution >= 0.6 is 0 Å². The molecule has 2 aromatic carbocycles. The average molecular weight is 518 g/mol. The van der Waals surface area contributed by atoms with Crippen molar-refractivity contribution in [2.45, 2.75) is 52.6 Å². The summed E-state index contributed by atoms with van der Waals surface area (Å²) in [5.74, 6) is 0.613. The van der Waals surface area contributed by atoms with Crippen LogP contribution in [-0.4, -0.2) is 57.3 Å². The highest BCUT2D eigenvalue weighted by Crippen LogP contribution is 2.36. The van der Waals surface area contributed by atoms with Crippen LogP contribution in [0.15, 0.2) is 42.5 Å². The third kappa shape index (κ3) is 7.13. The summed E-state index contributed by atoms with van der Waals surface area (Å²) >= 11 is 0. The summed E-state index contributed by atoms with van der Waals surface area (Å²) in [5.41, 5.74) is 2.47. The lowest BCUT2D eigenvalue weighted by atomic mass is 10.1. The van der Waals surface area contributed by atoms with E-state index in [0.717, 1.165) is 23.8 Å². The van der Waals surface area contributed by atoms with Gasteiger partial charge in [-0.3, -0.25) is 13.9 Å². The quantitative estimate of drug-likeness (QED) is 0.464. The summed E-state index contributed by atoms with van der Waals surface area (Å²) in [4.78, 5) is 27.5. The molecule has 1 N–H and O–H groups in total. The van der Waals surface area contributed by atoms with Gasteiger partial charge in [0, 0.05) is 32.1 Å². The fourth-order valence-electron chi connectivity index (χ4n) is 3.91. The summed E-state index contributed by atoms with van der Waals surface area (Å²) in [7, 11) is -3.60. The largest absolute Gasteiger partial charge is 0.454 e. The zero-order chi connectivity index (χ0) is 26.3. The van der Waals surface area contributed by atoms with E-state index < -0.39 is 16.1 Å². The molecule has 0 saturated carbocycles. The van der Waals surface area contributed by atoms with Crippen LogP contribution in [0.1, 0.15) is 44.2 Å². The second kappa shape index (κ2) is 12.1. The van der Waals surface area contributed by atoms with Crippen molar-refractivity contribution in [3.05, 3.63) is 53.6 Å². The molecular weight excluding hydrogens is 482 g/mol. The van der Waals surface area contributed by atoms with Crippen LogP contribution < -0.4 is 19.1 Å². The number of carbonyl (C=O) groups excluding carboxylic acids is 2. The van der Waals surface area contributed by atoms with E-state index in [9.17, 15) is 18.0 Å². The van der Waals surface area contributed by atoms with E-state index in [1.807, 2.05) is 38.1 Å². The van der Waals surface area contributed by atoms with Gasteiger partial charge in [0.15, 0.2) is 11.5 Å². The number of benzene rings is 2. The molecule has 0 bridgehead atoms. The van der Waals surface area contributed by atoms with Gasteiger partial charge in [-0.2, -0.15) is 0 Å². The predicted octanol–water partition coefficient (Wildman–Crippen LogP) is 3.21. The molecule has 1 atom stereocenters. The van der Waals surface area contributed by atoms with Crippen molar-refractivity contribution in [3.8, 4) is 11.5 Å². The lowest BCUT2D eigenvalue weighted by Crippen LogP contribution is -2.47. The summed E-state index contributed by atoms with van der Waals surface area (Å²) in [6.45, 7) is 6.69. The molecular formula is C26H35N3O6S. The average Bonchev–Trinajstić information content (AvgIpc) is 3.31. The highest BCUT2D eigenvalue weighted by molar-refractivity contribution is 7.92. The molecule has 36 heavy (non-hydrogen) atoms. The highest BCUT2D eigenvalue weighted by Gasteiger charge is 2.27. The van der Waals surface area contributed by atoms with Crippen LogP contribution in [0.2, 0.25) is 0 Å². The molecule has 3 rings (SSSR count). The minimum Gasteiger partial charge on any atom is -0.454 e. The Labute approximate surface area is 213 Å². The van der Waals surface area contributed by atoms with E-state index in [0.29, 0.717) is 23.7 Å². The van der Waals surface area contributed by atoms with Crippen LogP contribution in [0.5, 0.6) is 11.5 Å². The first kappa shape index (κ1) is 27.3. The van der Waals surface area contributed by atoms with Crippen molar-refractivity contribution < 1.29 is 27.5 Å². The molecule has 0 saturated heterocycles. The Kier molecular flexibility index (Phi) is 9.19. The first-order valence-electron chi connectivity index (χ1n) is 12.1. The van der Waals surface area contributed by atoms with Crippen molar-refractivity contribution in [3.63, 3.8) is 0 Å². The second-order valence-electron chi connectivity index (χ2n) is 8.95. The van der Waals surface area contributed by atoms with Gasteiger partial charge >= 0.3 is 0 Å². The molecule has 1 unspecified atom stereocenters. The third-order valence-electron chi connectivity index (χ3n) is 5.99. The van der Waals surface area contributed by atoms with Gasteiger partial charge in [-0.25, -0.2) is 8.42 Å². The zero-order valence-electron chi connectivity index (χ0n) is 21.3. The van der Waals surface area contributed by atoms with Gasteiger partial charge < -0.3 is 19.7 Å². The van der Waals surface area contributed by atoms with Crippen LogP contribution in [0.3, 0.4) is 0 Å². The predicted molar refractivity (Wildman–Crippen MR) is 138 cm³/mol. The molecule has 196 valence electrons. The van der Waals surface area contributed by atoms with Gasteiger partial charge in [-0.05, 0) is 44.4 Å². The minimum absolute atomic E-state index is 0.0903. The SMILES string of the molecule is CCCNC(=O)C(C)N(Cc1ccc(C)cc1)C(=O)CCCN(c1ccc2c(c1)OCO2)S(C)(=O)=O.